The summed E-state index contributed by atoms with van der Waals surface area (Å²) in [6.45, 7) is 1.78. The number of hydrogen-bond acceptors (Lipinski definition) is 2. The van der Waals surface area contributed by atoms with Gasteiger partial charge < -0.3 is 15.7 Å². The summed E-state index contributed by atoms with van der Waals surface area (Å²) in [6.07, 6.45) is 0.653. The first-order valence-corrected chi connectivity index (χ1v) is 5.95. The van der Waals surface area contributed by atoms with Crippen molar-refractivity contribution < 1.29 is 9.90 Å². The Hall–Kier alpha value is -0.970. The fourth-order valence-corrected chi connectivity index (χ4v) is 1.78. The van der Waals surface area contributed by atoms with E-state index in [1.54, 1.807) is 18.2 Å². The van der Waals surface area contributed by atoms with Gasteiger partial charge in [0.1, 0.15) is 0 Å². The maximum atomic E-state index is 11.5. The summed E-state index contributed by atoms with van der Waals surface area (Å²) < 4.78 is 0. The lowest BCUT2D eigenvalue weighted by Crippen LogP contribution is -2.39. The standard InChI is InChI=1S/C11H14Cl2N2O2/c1-2-9(6-16)14-11(17)15-10-4-7(12)3-8(13)5-10/h3-5,9,16H,2,6H2,1H3,(H2,14,15,17). The highest BCUT2D eigenvalue weighted by Crippen LogP contribution is 2.22. The molecule has 0 aliphatic carbocycles. The minimum atomic E-state index is -0.399. The van der Waals surface area contributed by atoms with Crippen molar-refractivity contribution in [1.82, 2.24) is 5.32 Å². The van der Waals surface area contributed by atoms with E-state index < -0.39 is 6.03 Å². The monoisotopic (exact) mass is 276 g/mol. The number of urea groups is 1. The summed E-state index contributed by atoms with van der Waals surface area (Å²) >= 11 is 11.6. The predicted octanol–water partition coefficient (Wildman–Crippen LogP) is 2.89. The van der Waals surface area contributed by atoms with Crippen LogP contribution in [0, 0.1) is 0 Å². The number of nitrogens with one attached hydrogen (secondary N) is 2. The van der Waals surface area contributed by atoms with Gasteiger partial charge in [0.15, 0.2) is 0 Å². The highest BCUT2D eigenvalue weighted by atomic mass is 35.5. The van der Waals surface area contributed by atoms with E-state index in [0.717, 1.165) is 0 Å². The minimum absolute atomic E-state index is 0.0970. The largest absolute Gasteiger partial charge is 0.394 e. The average Bonchev–Trinajstić information content (AvgIpc) is 2.24. The number of hydrogen-bond donors (Lipinski definition) is 3. The van der Waals surface area contributed by atoms with Crippen molar-refractivity contribution >= 4 is 34.9 Å². The van der Waals surface area contributed by atoms with Gasteiger partial charge in [-0.2, -0.15) is 0 Å². The Morgan fingerprint density at radius 1 is 1.35 bits per heavy atom. The van der Waals surface area contributed by atoms with Crippen LogP contribution in [-0.2, 0) is 0 Å². The van der Waals surface area contributed by atoms with Gasteiger partial charge >= 0.3 is 6.03 Å². The smallest absolute Gasteiger partial charge is 0.319 e. The fourth-order valence-electron chi connectivity index (χ4n) is 1.26. The lowest BCUT2D eigenvalue weighted by atomic mass is 10.2. The molecule has 0 spiro atoms. The molecule has 1 unspecified atom stereocenters. The Morgan fingerprint density at radius 2 is 1.94 bits per heavy atom. The molecule has 4 nitrogen and oxygen atoms in total. The fraction of sp³-hybridized carbons (Fsp3) is 0.364. The van der Waals surface area contributed by atoms with Crippen molar-refractivity contribution in [1.29, 1.82) is 0 Å². The Bertz CT molecular complexity index is 375. The summed E-state index contributed by atoms with van der Waals surface area (Å²) in [6, 6.07) is 4.10. The molecule has 1 aromatic rings. The molecule has 0 bridgehead atoms. The van der Waals surface area contributed by atoms with Gasteiger partial charge in [-0.1, -0.05) is 30.1 Å². The van der Waals surface area contributed by atoms with Crippen LogP contribution in [0.1, 0.15) is 13.3 Å². The second kappa shape index (κ2) is 6.69. The van der Waals surface area contributed by atoms with Gasteiger partial charge in [-0.05, 0) is 24.6 Å². The lowest BCUT2D eigenvalue weighted by molar-refractivity contribution is 0.222. The first-order valence-electron chi connectivity index (χ1n) is 5.19. The van der Waals surface area contributed by atoms with Crippen LogP contribution >= 0.6 is 23.2 Å². The van der Waals surface area contributed by atoms with Crippen molar-refractivity contribution in [3.8, 4) is 0 Å². The summed E-state index contributed by atoms with van der Waals surface area (Å²) in [5.74, 6) is 0. The third-order valence-corrected chi connectivity index (χ3v) is 2.61. The molecule has 2 amide bonds. The van der Waals surface area contributed by atoms with Gasteiger partial charge in [-0.3, -0.25) is 0 Å². The van der Waals surface area contributed by atoms with Crippen LogP contribution in [-0.4, -0.2) is 23.8 Å². The lowest BCUT2D eigenvalue weighted by Gasteiger charge is -2.14. The minimum Gasteiger partial charge on any atom is -0.394 e. The number of aliphatic hydroxyl groups excluding tert-OH is 1. The zero-order valence-corrected chi connectivity index (χ0v) is 10.8. The SMILES string of the molecule is CCC(CO)NC(=O)Nc1cc(Cl)cc(Cl)c1. The first kappa shape index (κ1) is 14.1. The van der Waals surface area contributed by atoms with Crippen LogP contribution in [0.3, 0.4) is 0 Å². The van der Waals surface area contributed by atoms with Gasteiger partial charge in [0.2, 0.25) is 0 Å². The Labute approximate surface area is 110 Å². The number of carbonyl (C=O) groups is 1. The Balaban J connectivity index is 2.61. The van der Waals surface area contributed by atoms with E-state index in [1.807, 2.05) is 6.92 Å². The summed E-state index contributed by atoms with van der Waals surface area (Å²) in [5, 5.41) is 15.0. The second-order valence-electron chi connectivity index (χ2n) is 3.54. The highest BCUT2D eigenvalue weighted by Gasteiger charge is 2.09. The third-order valence-electron chi connectivity index (χ3n) is 2.17. The van der Waals surface area contributed by atoms with E-state index in [9.17, 15) is 4.79 Å². The molecule has 0 radical (unpaired) electrons. The van der Waals surface area contributed by atoms with Gasteiger partial charge in [-0.25, -0.2) is 4.79 Å². The normalized spacial score (nSPS) is 12.0. The maximum Gasteiger partial charge on any atom is 0.319 e. The van der Waals surface area contributed by atoms with Gasteiger partial charge in [0, 0.05) is 15.7 Å². The molecule has 94 valence electrons. The molecule has 1 rings (SSSR count). The molecule has 6 heteroatoms. The van der Waals surface area contributed by atoms with Crippen LogP contribution in [0.4, 0.5) is 10.5 Å². The molecule has 0 saturated carbocycles. The number of rotatable bonds is 4. The number of halogens is 2. The average molecular weight is 277 g/mol. The number of benzene rings is 1. The number of aliphatic hydroxyl groups is 1. The molecule has 0 aliphatic heterocycles. The number of carbonyl (C=O) groups excluding carboxylic acids is 1. The molecule has 1 atom stereocenters. The van der Waals surface area contributed by atoms with Crippen molar-refractivity contribution in [3.63, 3.8) is 0 Å². The zero-order chi connectivity index (χ0) is 12.8. The van der Waals surface area contributed by atoms with E-state index in [4.69, 9.17) is 28.3 Å². The van der Waals surface area contributed by atoms with Crippen molar-refractivity contribution in [3.05, 3.63) is 28.2 Å². The maximum absolute atomic E-state index is 11.5. The summed E-state index contributed by atoms with van der Waals surface area (Å²) in [5.41, 5.74) is 0.507. The summed E-state index contributed by atoms with van der Waals surface area (Å²) in [4.78, 5) is 11.5. The van der Waals surface area contributed by atoms with Crippen molar-refractivity contribution in [2.24, 2.45) is 0 Å². The van der Waals surface area contributed by atoms with Crippen LogP contribution < -0.4 is 10.6 Å². The zero-order valence-electron chi connectivity index (χ0n) is 9.34. The Kier molecular flexibility index (Phi) is 5.55. The van der Waals surface area contributed by atoms with Crippen LogP contribution in [0.2, 0.25) is 10.0 Å². The first-order chi connectivity index (χ1) is 8.05. The van der Waals surface area contributed by atoms with Crippen LogP contribution in [0.5, 0.6) is 0 Å². The van der Waals surface area contributed by atoms with Gasteiger partial charge in [-0.15, -0.1) is 0 Å². The molecule has 17 heavy (non-hydrogen) atoms. The van der Waals surface area contributed by atoms with Crippen molar-refractivity contribution in [2.75, 3.05) is 11.9 Å². The topological polar surface area (TPSA) is 61.4 Å². The molecule has 0 fully saturated rings. The summed E-state index contributed by atoms with van der Waals surface area (Å²) in [7, 11) is 0. The van der Waals surface area contributed by atoms with E-state index in [2.05, 4.69) is 10.6 Å². The number of amides is 2. The van der Waals surface area contributed by atoms with Crippen molar-refractivity contribution in [2.45, 2.75) is 19.4 Å². The molecule has 0 aliphatic rings. The molecule has 0 heterocycles. The number of anilines is 1. The quantitative estimate of drug-likeness (QED) is 0.792. The van der Waals surface area contributed by atoms with Gasteiger partial charge in [0.05, 0.1) is 12.6 Å². The molecule has 1 aromatic carbocycles. The predicted molar refractivity (Wildman–Crippen MR) is 69.8 cm³/mol. The molecule has 0 saturated heterocycles. The second-order valence-corrected chi connectivity index (χ2v) is 4.42. The molecule has 0 aromatic heterocycles. The Morgan fingerprint density at radius 3 is 2.41 bits per heavy atom. The van der Waals surface area contributed by atoms with Crippen LogP contribution in [0.15, 0.2) is 18.2 Å². The molecular formula is C11H14Cl2N2O2. The highest BCUT2D eigenvalue weighted by molar-refractivity contribution is 6.35. The molecule has 3 N–H and O–H groups in total. The van der Waals surface area contributed by atoms with Gasteiger partial charge in [0.25, 0.3) is 0 Å². The van der Waals surface area contributed by atoms with E-state index in [1.165, 1.54) is 0 Å². The third kappa shape index (κ3) is 4.81. The van der Waals surface area contributed by atoms with E-state index in [-0.39, 0.29) is 12.6 Å². The van der Waals surface area contributed by atoms with Crippen LogP contribution in [0.25, 0.3) is 0 Å². The van der Waals surface area contributed by atoms with E-state index in [0.29, 0.717) is 22.2 Å². The molecular weight excluding hydrogens is 263 g/mol. The van der Waals surface area contributed by atoms with E-state index >= 15 is 0 Å².